The summed E-state index contributed by atoms with van der Waals surface area (Å²) in [5, 5.41) is 3.57. The molecule has 1 N–H and O–H groups in total. The van der Waals surface area contributed by atoms with Crippen LogP contribution in [0.25, 0.3) is 0 Å². The van der Waals surface area contributed by atoms with E-state index in [4.69, 9.17) is 0 Å². The van der Waals surface area contributed by atoms with Crippen LogP contribution in [0.2, 0.25) is 0 Å². The topological polar surface area (TPSA) is 12.0 Å². The summed E-state index contributed by atoms with van der Waals surface area (Å²) in [5.74, 6) is 0.630. The lowest BCUT2D eigenvalue weighted by molar-refractivity contribution is 0.389. The van der Waals surface area contributed by atoms with E-state index in [-0.39, 0.29) is 5.82 Å². The smallest absolute Gasteiger partial charge is 0.123 e. The van der Waals surface area contributed by atoms with Gasteiger partial charge in [0.25, 0.3) is 0 Å². The van der Waals surface area contributed by atoms with Gasteiger partial charge in [0.1, 0.15) is 5.82 Å². The molecular formula is C14H19BrFN. The predicted octanol–water partition coefficient (Wildman–Crippen LogP) is 4.26. The van der Waals surface area contributed by atoms with Crippen LogP contribution in [0, 0.1) is 11.7 Å². The van der Waals surface area contributed by atoms with Crippen molar-refractivity contribution in [2.75, 3.05) is 0 Å². The fourth-order valence-corrected chi connectivity index (χ4v) is 3.10. The molecule has 1 saturated carbocycles. The first kappa shape index (κ1) is 13.0. The molecule has 0 aromatic heterocycles. The average molecular weight is 300 g/mol. The van der Waals surface area contributed by atoms with Gasteiger partial charge in [0.15, 0.2) is 0 Å². The van der Waals surface area contributed by atoms with Crippen molar-refractivity contribution in [3.63, 3.8) is 0 Å². The minimum absolute atomic E-state index is 0.163. The zero-order chi connectivity index (χ0) is 12.3. The molecule has 0 spiro atoms. The average Bonchev–Trinajstić information content (AvgIpc) is 2.77. The molecular weight excluding hydrogens is 281 g/mol. The van der Waals surface area contributed by atoms with Crippen molar-refractivity contribution < 1.29 is 4.39 Å². The number of hydrogen-bond acceptors (Lipinski definition) is 1. The van der Waals surface area contributed by atoms with Gasteiger partial charge in [0, 0.05) is 17.1 Å². The van der Waals surface area contributed by atoms with Gasteiger partial charge in [-0.3, -0.25) is 0 Å². The number of halogens is 2. The summed E-state index contributed by atoms with van der Waals surface area (Å²) < 4.78 is 14.1. The molecule has 2 rings (SSSR count). The number of benzene rings is 1. The second kappa shape index (κ2) is 5.96. The van der Waals surface area contributed by atoms with Crippen molar-refractivity contribution >= 4 is 15.9 Å². The van der Waals surface area contributed by atoms with E-state index in [0.717, 1.165) is 22.5 Å². The van der Waals surface area contributed by atoms with E-state index in [2.05, 4.69) is 28.2 Å². The van der Waals surface area contributed by atoms with E-state index < -0.39 is 0 Å². The van der Waals surface area contributed by atoms with Gasteiger partial charge in [0.05, 0.1) is 0 Å². The minimum atomic E-state index is -0.163. The first-order valence-electron chi connectivity index (χ1n) is 6.38. The fraction of sp³-hybridized carbons (Fsp3) is 0.571. The van der Waals surface area contributed by atoms with Gasteiger partial charge in [-0.1, -0.05) is 35.7 Å². The van der Waals surface area contributed by atoms with Crippen LogP contribution < -0.4 is 5.32 Å². The molecule has 1 aromatic rings. The third-order valence-electron chi connectivity index (χ3n) is 3.75. The number of nitrogens with one attached hydrogen (secondary N) is 1. The molecule has 17 heavy (non-hydrogen) atoms. The molecule has 1 aliphatic carbocycles. The first-order chi connectivity index (χ1) is 8.20. The summed E-state index contributed by atoms with van der Waals surface area (Å²) in [6.07, 6.45) is 5.15. The Morgan fingerprint density at radius 1 is 1.41 bits per heavy atom. The van der Waals surface area contributed by atoms with Gasteiger partial charge in [-0.15, -0.1) is 0 Å². The summed E-state index contributed by atoms with van der Waals surface area (Å²) in [6, 6.07) is 5.47. The lowest BCUT2D eigenvalue weighted by atomic mass is 10.0. The molecule has 1 nitrogen and oxygen atoms in total. The SMILES string of the molecule is CCC1CCCC1NCc1cc(F)ccc1Br. The molecule has 1 aromatic carbocycles. The second-order valence-corrected chi connectivity index (χ2v) is 5.68. The lowest BCUT2D eigenvalue weighted by Gasteiger charge is -2.20. The molecule has 1 aliphatic rings. The van der Waals surface area contributed by atoms with Crippen molar-refractivity contribution in [2.45, 2.75) is 45.2 Å². The maximum atomic E-state index is 13.1. The van der Waals surface area contributed by atoms with E-state index in [0.29, 0.717) is 6.04 Å². The molecule has 3 heteroatoms. The van der Waals surface area contributed by atoms with E-state index in [9.17, 15) is 4.39 Å². The normalized spacial score (nSPS) is 24.2. The molecule has 0 amide bonds. The summed E-state index contributed by atoms with van der Waals surface area (Å²) in [5.41, 5.74) is 1.01. The molecule has 2 atom stereocenters. The summed E-state index contributed by atoms with van der Waals surface area (Å²) in [6.45, 7) is 3.00. The molecule has 0 saturated heterocycles. The Labute approximate surface area is 111 Å². The van der Waals surface area contributed by atoms with Crippen LogP contribution in [0.4, 0.5) is 4.39 Å². The maximum Gasteiger partial charge on any atom is 0.123 e. The predicted molar refractivity (Wildman–Crippen MR) is 72.4 cm³/mol. The molecule has 0 radical (unpaired) electrons. The van der Waals surface area contributed by atoms with Crippen molar-refractivity contribution in [1.82, 2.24) is 5.32 Å². The van der Waals surface area contributed by atoms with Crippen LogP contribution in [0.1, 0.15) is 38.2 Å². The maximum absolute atomic E-state index is 13.1. The quantitative estimate of drug-likeness (QED) is 0.876. The Bertz CT molecular complexity index is 380. The van der Waals surface area contributed by atoms with E-state index >= 15 is 0 Å². The van der Waals surface area contributed by atoms with Gasteiger partial charge in [-0.2, -0.15) is 0 Å². The van der Waals surface area contributed by atoms with E-state index in [1.807, 2.05) is 0 Å². The van der Waals surface area contributed by atoms with Crippen molar-refractivity contribution in [3.05, 3.63) is 34.1 Å². The molecule has 2 unspecified atom stereocenters. The molecule has 0 aliphatic heterocycles. The monoisotopic (exact) mass is 299 g/mol. The summed E-state index contributed by atoms with van der Waals surface area (Å²) >= 11 is 3.47. The van der Waals surface area contributed by atoms with Crippen LogP contribution in [0.3, 0.4) is 0 Å². The third kappa shape index (κ3) is 3.29. The van der Waals surface area contributed by atoms with Crippen LogP contribution >= 0.6 is 15.9 Å². The number of hydrogen-bond donors (Lipinski definition) is 1. The largest absolute Gasteiger partial charge is 0.310 e. The van der Waals surface area contributed by atoms with Gasteiger partial charge >= 0.3 is 0 Å². The second-order valence-electron chi connectivity index (χ2n) is 4.82. The summed E-state index contributed by atoms with van der Waals surface area (Å²) in [4.78, 5) is 0. The number of rotatable bonds is 4. The summed E-state index contributed by atoms with van der Waals surface area (Å²) in [7, 11) is 0. The van der Waals surface area contributed by atoms with Gasteiger partial charge in [0.2, 0.25) is 0 Å². The van der Waals surface area contributed by atoms with Gasteiger partial charge in [-0.05, 0) is 42.5 Å². The van der Waals surface area contributed by atoms with Crippen LogP contribution in [0.5, 0.6) is 0 Å². The Hall–Kier alpha value is -0.410. The van der Waals surface area contributed by atoms with Crippen LogP contribution in [-0.2, 0) is 6.54 Å². The lowest BCUT2D eigenvalue weighted by Crippen LogP contribution is -2.31. The Morgan fingerprint density at radius 2 is 2.24 bits per heavy atom. The van der Waals surface area contributed by atoms with Crippen molar-refractivity contribution in [2.24, 2.45) is 5.92 Å². The zero-order valence-corrected chi connectivity index (χ0v) is 11.8. The highest BCUT2D eigenvalue weighted by atomic mass is 79.9. The highest BCUT2D eigenvalue weighted by Crippen LogP contribution is 2.28. The Morgan fingerprint density at radius 3 is 3.00 bits per heavy atom. The van der Waals surface area contributed by atoms with Crippen LogP contribution in [-0.4, -0.2) is 6.04 Å². The molecule has 1 fully saturated rings. The molecule has 94 valence electrons. The minimum Gasteiger partial charge on any atom is -0.310 e. The Balaban J connectivity index is 1.95. The van der Waals surface area contributed by atoms with Gasteiger partial charge in [-0.25, -0.2) is 4.39 Å². The highest BCUT2D eigenvalue weighted by molar-refractivity contribution is 9.10. The molecule has 0 bridgehead atoms. The van der Waals surface area contributed by atoms with Gasteiger partial charge < -0.3 is 5.32 Å². The van der Waals surface area contributed by atoms with E-state index in [1.165, 1.54) is 31.7 Å². The van der Waals surface area contributed by atoms with Crippen molar-refractivity contribution in [3.8, 4) is 0 Å². The van der Waals surface area contributed by atoms with Crippen molar-refractivity contribution in [1.29, 1.82) is 0 Å². The Kier molecular flexibility index (Phi) is 4.57. The standard InChI is InChI=1S/C14H19BrFN/c1-2-10-4-3-5-14(10)17-9-11-8-12(16)6-7-13(11)15/h6-8,10,14,17H,2-5,9H2,1H3. The zero-order valence-electron chi connectivity index (χ0n) is 10.2. The van der Waals surface area contributed by atoms with E-state index in [1.54, 1.807) is 12.1 Å². The molecule has 0 heterocycles. The fourth-order valence-electron chi connectivity index (χ4n) is 2.71. The highest BCUT2D eigenvalue weighted by Gasteiger charge is 2.25. The first-order valence-corrected chi connectivity index (χ1v) is 7.17. The van der Waals surface area contributed by atoms with Crippen LogP contribution in [0.15, 0.2) is 22.7 Å². The third-order valence-corrected chi connectivity index (χ3v) is 4.52.